The minimum atomic E-state index is -0.174. The van der Waals surface area contributed by atoms with Crippen LogP contribution in [-0.2, 0) is 17.8 Å². The van der Waals surface area contributed by atoms with Crippen molar-refractivity contribution in [3.8, 4) is 11.5 Å². The summed E-state index contributed by atoms with van der Waals surface area (Å²) in [6.07, 6.45) is 3.89. The Morgan fingerprint density at radius 1 is 1.29 bits per heavy atom. The first-order valence-corrected chi connectivity index (χ1v) is 9.63. The van der Waals surface area contributed by atoms with E-state index in [1.165, 1.54) is 6.08 Å². The molecular weight excluding hydrogens is 378 g/mol. The van der Waals surface area contributed by atoms with E-state index in [-0.39, 0.29) is 5.91 Å². The van der Waals surface area contributed by atoms with Gasteiger partial charge < -0.3 is 14.8 Å². The first-order valence-electron chi connectivity index (χ1n) is 9.25. The minimum absolute atomic E-state index is 0.174. The van der Waals surface area contributed by atoms with Gasteiger partial charge in [-0.05, 0) is 43.0 Å². The van der Waals surface area contributed by atoms with Crippen LogP contribution < -0.4 is 14.8 Å². The number of methoxy groups -OCH3 is 2. The quantitative estimate of drug-likeness (QED) is 0.643. The van der Waals surface area contributed by atoms with Gasteiger partial charge in [-0.25, -0.2) is 0 Å². The lowest BCUT2D eigenvalue weighted by molar-refractivity contribution is -0.116. The van der Waals surface area contributed by atoms with Crippen molar-refractivity contribution >= 4 is 23.6 Å². The number of amides is 1. The Morgan fingerprint density at radius 3 is 2.64 bits per heavy atom. The van der Waals surface area contributed by atoms with Crippen LogP contribution >= 0.6 is 11.6 Å². The number of carbonyl (C=O) groups is 1. The number of nitrogens with zero attached hydrogens (tertiary/aromatic N) is 2. The molecule has 2 rings (SSSR count). The van der Waals surface area contributed by atoms with Crippen LogP contribution in [0.1, 0.15) is 30.7 Å². The van der Waals surface area contributed by atoms with Crippen molar-refractivity contribution in [2.45, 2.75) is 33.7 Å². The number of ether oxygens (including phenoxy) is 2. The summed E-state index contributed by atoms with van der Waals surface area (Å²) in [5.74, 6) is 1.62. The van der Waals surface area contributed by atoms with E-state index >= 15 is 0 Å². The molecule has 0 unspecified atom stereocenters. The maximum atomic E-state index is 12.1. The lowest BCUT2D eigenvalue weighted by Gasteiger charge is -2.09. The Morgan fingerprint density at radius 2 is 2.00 bits per heavy atom. The van der Waals surface area contributed by atoms with Crippen molar-refractivity contribution in [3.05, 3.63) is 46.2 Å². The zero-order valence-electron chi connectivity index (χ0n) is 17.1. The van der Waals surface area contributed by atoms with Gasteiger partial charge in [0.2, 0.25) is 5.91 Å². The first kappa shape index (κ1) is 21.8. The van der Waals surface area contributed by atoms with Crippen molar-refractivity contribution in [2.24, 2.45) is 5.92 Å². The topological polar surface area (TPSA) is 65.4 Å². The summed E-state index contributed by atoms with van der Waals surface area (Å²) in [5.41, 5.74) is 2.63. The molecule has 28 heavy (non-hydrogen) atoms. The number of aromatic nitrogens is 2. The highest BCUT2D eigenvalue weighted by molar-refractivity contribution is 6.31. The van der Waals surface area contributed by atoms with Gasteiger partial charge in [-0.1, -0.05) is 31.5 Å². The van der Waals surface area contributed by atoms with E-state index in [9.17, 15) is 4.79 Å². The molecule has 0 bridgehead atoms. The summed E-state index contributed by atoms with van der Waals surface area (Å²) in [7, 11) is 3.20. The molecule has 0 aliphatic heterocycles. The third kappa shape index (κ3) is 5.76. The average Bonchev–Trinajstić information content (AvgIpc) is 2.92. The van der Waals surface area contributed by atoms with E-state index in [0.717, 1.165) is 23.4 Å². The molecule has 0 atom stereocenters. The number of benzene rings is 1. The van der Waals surface area contributed by atoms with Crippen molar-refractivity contribution in [2.75, 3.05) is 20.8 Å². The molecule has 0 aliphatic rings. The number of halogens is 1. The molecule has 1 amide bonds. The number of hydrogen-bond acceptors (Lipinski definition) is 4. The average molecular weight is 406 g/mol. The summed E-state index contributed by atoms with van der Waals surface area (Å²) in [6.45, 7) is 7.35. The van der Waals surface area contributed by atoms with Crippen LogP contribution in [0.15, 0.2) is 24.3 Å². The monoisotopic (exact) mass is 405 g/mol. The molecule has 0 saturated carbocycles. The van der Waals surface area contributed by atoms with Gasteiger partial charge >= 0.3 is 0 Å². The maximum absolute atomic E-state index is 12.1. The SMILES string of the molecule is COc1ccc(CCNC(=O)/C=C/c2c(C)nn(CC(C)C)c2Cl)cc1OC. The molecule has 0 spiro atoms. The summed E-state index contributed by atoms with van der Waals surface area (Å²) >= 11 is 6.39. The molecular formula is C21H28ClN3O3. The van der Waals surface area contributed by atoms with Crippen LogP contribution in [0.2, 0.25) is 5.15 Å². The molecule has 2 aromatic rings. The van der Waals surface area contributed by atoms with E-state index in [0.29, 0.717) is 35.5 Å². The summed E-state index contributed by atoms with van der Waals surface area (Å²) < 4.78 is 12.3. The molecule has 1 N–H and O–H groups in total. The normalized spacial score (nSPS) is 11.2. The van der Waals surface area contributed by atoms with Gasteiger partial charge in [0.1, 0.15) is 5.15 Å². The van der Waals surface area contributed by atoms with E-state index in [4.69, 9.17) is 21.1 Å². The van der Waals surface area contributed by atoms with Crippen molar-refractivity contribution in [1.82, 2.24) is 15.1 Å². The van der Waals surface area contributed by atoms with Gasteiger partial charge in [0.15, 0.2) is 11.5 Å². The lowest BCUT2D eigenvalue weighted by atomic mass is 10.1. The third-order valence-corrected chi connectivity index (χ3v) is 4.61. The largest absolute Gasteiger partial charge is 0.493 e. The van der Waals surface area contributed by atoms with E-state index in [2.05, 4.69) is 24.3 Å². The second-order valence-electron chi connectivity index (χ2n) is 6.93. The second kappa shape index (κ2) is 10.2. The fourth-order valence-corrected chi connectivity index (χ4v) is 3.11. The van der Waals surface area contributed by atoms with Crippen LogP contribution in [0.4, 0.5) is 0 Å². The van der Waals surface area contributed by atoms with Crippen molar-refractivity contribution in [1.29, 1.82) is 0 Å². The van der Waals surface area contributed by atoms with Gasteiger partial charge in [0, 0.05) is 24.7 Å². The second-order valence-corrected chi connectivity index (χ2v) is 7.29. The summed E-state index contributed by atoms with van der Waals surface area (Å²) in [6, 6.07) is 5.72. The number of hydrogen-bond donors (Lipinski definition) is 1. The molecule has 1 aromatic carbocycles. The van der Waals surface area contributed by atoms with Gasteiger partial charge in [-0.2, -0.15) is 5.10 Å². The predicted molar refractivity (Wildman–Crippen MR) is 112 cm³/mol. The van der Waals surface area contributed by atoms with E-state index in [1.54, 1.807) is 25.0 Å². The van der Waals surface area contributed by atoms with Crippen LogP contribution in [-0.4, -0.2) is 36.5 Å². The molecule has 0 fully saturated rings. The maximum Gasteiger partial charge on any atom is 0.244 e. The molecule has 0 radical (unpaired) electrons. The zero-order chi connectivity index (χ0) is 20.7. The van der Waals surface area contributed by atoms with E-state index in [1.807, 2.05) is 25.1 Å². The highest BCUT2D eigenvalue weighted by Gasteiger charge is 2.12. The zero-order valence-corrected chi connectivity index (χ0v) is 17.8. The predicted octanol–water partition coefficient (Wildman–Crippen LogP) is 3.89. The van der Waals surface area contributed by atoms with Gasteiger partial charge in [-0.15, -0.1) is 0 Å². The number of nitrogens with one attached hydrogen (secondary N) is 1. The van der Waals surface area contributed by atoms with Crippen molar-refractivity contribution in [3.63, 3.8) is 0 Å². The Kier molecular flexibility index (Phi) is 7.93. The number of carbonyl (C=O) groups excluding carboxylic acids is 1. The highest BCUT2D eigenvalue weighted by atomic mass is 35.5. The Hall–Kier alpha value is -2.47. The highest BCUT2D eigenvalue weighted by Crippen LogP contribution is 2.27. The summed E-state index contributed by atoms with van der Waals surface area (Å²) in [4.78, 5) is 12.1. The number of rotatable bonds is 9. The third-order valence-electron chi connectivity index (χ3n) is 4.21. The first-order chi connectivity index (χ1) is 13.3. The standard InChI is InChI=1S/C21H28ClN3O3/c1-14(2)13-25-21(22)17(15(3)24-25)7-9-20(26)23-11-10-16-6-8-18(27-4)19(12-16)28-5/h6-9,12,14H,10-11,13H2,1-5H3,(H,23,26)/b9-7+. The number of aryl methyl sites for hydroxylation is 1. The molecule has 1 heterocycles. The fraction of sp³-hybridized carbons (Fsp3) is 0.429. The van der Waals surface area contributed by atoms with Gasteiger partial charge in [0.05, 0.1) is 19.9 Å². The fourth-order valence-electron chi connectivity index (χ4n) is 2.81. The minimum Gasteiger partial charge on any atom is -0.493 e. The Labute approximate surface area is 171 Å². The van der Waals surface area contributed by atoms with Gasteiger partial charge in [-0.3, -0.25) is 9.48 Å². The van der Waals surface area contributed by atoms with Crippen molar-refractivity contribution < 1.29 is 14.3 Å². The molecule has 0 aliphatic carbocycles. The van der Waals surface area contributed by atoms with Crippen LogP contribution in [0, 0.1) is 12.8 Å². The molecule has 6 nitrogen and oxygen atoms in total. The lowest BCUT2D eigenvalue weighted by Crippen LogP contribution is -2.23. The Bertz CT molecular complexity index is 844. The van der Waals surface area contributed by atoms with E-state index < -0.39 is 0 Å². The molecule has 1 aromatic heterocycles. The van der Waals surface area contributed by atoms with Crippen LogP contribution in [0.5, 0.6) is 11.5 Å². The van der Waals surface area contributed by atoms with Crippen LogP contribution in [0.25, 0.3) is 6.08 Å². The molecule has 7 heteroatoms. The summed E-state index contributed by atoms with van der Waals surface area (Å²) in [5, 5.41) is 7.87. The molecule has 152 valence electrons. The molecule has 0 saturated heterocycles. The smallest absolute Gasteiger partial charge is 0.244 e. The van der Waals surface area contributed by atoms with Gasteiger partial charge in [0.25, 0.3) is 0 Å². The van der Waals surface area contributed by atoms with Crippen LogP contribution in [0.3, 0.4) is 0 Å². The Balaban J connectivity index is 1.92.